The van der Waals surface area contributed by atoms with Crippen molar-refractivity contribution in [3.8, 4) is 0 Å². The number of benzene rings is 1. The number of carbonyl (C=O) groups excluding carboxylic acids is 1. The number of carboxylic acids is 2. The SMILES string of the molecule is Cc1c(C(=O)O)sc2[nH]c(C(=O)O)c(C(=O)c3ccc(F)cc3)c12. The number of thiophene rings is 1. The van der Waals surface area contributed by atoms with E-state index in [4.69, 9.17) is 0 Å². The molecule has 0 amide bonds. The van der Waals surface area contributed by atoms with Crippen molar-refractivity contribution in [2.75, 3.05) is 0 Å². The molecule has 0 saturated carbocycles. The lowest BCUT2D eigenvalue weighted by Crippen LogP contribution is -2.09. The maximum absolute atomic E-state index is 13.0. The van der Waals surface area contributed by atoms with E-state index in [1.165, 1.54) is 19.1 Å². The van der Waals surface area contributed by atoms with Crippen LogP contribution in [0.1, 0.15) is 41.6 Å². The highest BCUT2D eigenvalue weighted by atomic mass is 32.1. The molecule has 2 aromatic heterocycles. The molecule has 8 heteroatoms. The van der Waals surface area contributed by atoms with Crippen LogP contribution < -0.4 is 0 Å². The number of aryl methyl sites for hydroxylation is 1. The quantitative estimate of drug-likeness (QED) is 0.628. The van der Waals surface area contributed by atoms with Gasteiger partial charge in [-0.25, -0.2) is 14.0 Å². The third-order valence-electron chi connectivity index (χ3n) is 3.63. The van der Waals surface area contributed by atoms with Gasteiger partial charge in [-0.05, 0) is 36.8 Å². The number of carbonyl (C=O) groups is 3. The summed E-state index contributed by atoms with van der Waals surface area (Å²) in [6.45, 7) is 1.52. The van der Waals surface area contributed by atoms with Gasteiger partial charge in [0.1, 0.15) is 21.2 Å². The number of ketones is 1. The molecular weight excluding hydrogens is 337 g/mol. The first kappa shape index (κ1) is 15.9. The molecule has 2 heterocycles. The van der Waals surface area contributed by atoms with Gasteiger partial charge in [0.2, 0.25) is 0 Å². The summed E-state index contributed by atoms with van der Waals surface area (Å²) in [5.41, 5.74) is -0.00467. The zero-order chi connectivity index (χ0) is 17.6. The van der Waals surface area contributed by atoms with Gasteiger partial charge in [0, 0.05) is 10.9 Å². The van der Waals surface area contributed by atoms with Crippen molar-refractivity contribution in [1.82, 2.24) is 4.98 Å². The molecule has 3 aromatic rings. The lowest BCUT2D eigenvalue weighted by atomic mass is 9.99. The summed E-state index contributed by atoms with van der Waals surface area (Å²) in [5.74, 6) is -3.63. The van der Waals surface area contributed by atoms with Crippen LogP contribution in [0.15, 0.2) is 24.3 Å². The fourth-order valence-electron chi connectivity index (χ4n) is 2.54. The van der Waals surface area contributed by atoms with Gasteiger partial charge in [0.15, 0.2) is 5.78 Å². The van der Waals surface area contributed by atoms with Crippen LogP contribution in [0.3, 0.4) is 0 Å². The number of H-pyrrole nitrogens is 1. The number of hydrogen-bond acceptors (Lipinski definition) is 4. The number of aromatic nitrogens is 1. The average Bonchev–Trinajstić information content (AvgIpc) is 3.05. The highest BCUT2D eigenvalue weighted by molar-refractivity contribution is 7.20. The Morgan fingerprint density at radius 3 is 2.25 bits per heavy atom. The standard InChI is InChI=1S/C16H10FNO5S/c1-6-9-10(12(19)7-2-4-8(17)5-3-7)11(15(20)21)18-14(9)24-13(6)16(22)23/h2-5,18H,1H3,(H,20,21)(H,22,23). The Hall–Kier alpha value is -3.00. The summed E-state index contributed by atoms with van der Waals surface area (Å²) < 4.78 is 13.0. The van der Waals surface area contributed by atoms with E-state index in [9.17, 15) is 29.0 Å². The Bertz CT molecular complexity index is 1000. The Balaban J connectivity index is 2.29. The summed E-state index contributed by atoms with van der Waals surface area (Å²) >= 11 is 0.869. The van der Waals surface area contributed by atoms with E-state index in [2.05, 4.69) is 4.98 Å². The number of hydrogen-bond donors (Lipinski definition) is 3. The van der Waals surface area contributed by atoms with Crippen LogP contribution in [-0.2, 0) is 0 Å². The minimum atomic E-state index is -1.33. The van der Waals surface area contributed by atoms with E-state index >= 15 is 0 Å². The second-order valence-electron chi connectivity index (χ2n) is 5.08. The first-order valence-electron chi connectivity index (χ1n) is 6.73. The van der Waals surface area contributed by atoms with Crippen LogP contribution in [0.4, 0.5) is 4.39 Å². The van der Waals surface area contributed by atoms with Crippen molar-refractivity contribution in [1.29, 1.82) is 0 Å². The molecule has 24 heavy (non-hydrogen) atoms. The van der Waals surface area contributed by atoms with E-state index in [1.54, 1.807) is 0 Å². The van der Waals surface area contributed by atoms with E-state index in [1.807, 2.05) is 0 Å². The highest BCUT2D eigenvalue weighted by Gasteiger charge is 2.28. The van der Waals surface area contributed by atoms with E-state index in [-0.39, 0.29) is 27.1 Å². The number of nitrogens with one attached hydrogen (secondary N) is 1. The molecule has 0 saturated heterocycles. The summed E-state index contributed by atoms with van der Waals surface area (Å²) in [7, 11) is 0. The van der Waals surface area contributed by atoms with Crippen LogP contribution in [0, 0.1) is 12.7 Å². The minimum absolute atomic E-state index is 0.0290. The van der Waals surface area contributed by atoms with Crippen LogP contribution >= 0.6 is 11.3 Å². The van der Waals surface area contributed by atoms with Gasteiger partial charge >= 0.3 is 11.9 Å². The van der Waals surface area contributed by atoms with Crippen molar-refractivity contribution in [3.05, 3.63) is 57.3 Å². The van der Waals surface area contributed by atoms with E-state index in [0.29, 0.717) is 10.4 Å². The predicted molar refractivity (Wildman–Crippen MR) is 84.7 cm³/mol. The lowest BCUT2D eigenvalue weighted by molar-refractivity contribution is 0.0683. The fraction of sp³-hybridized carbons (Fsp3) is 0.0625. The molecule has 3 N–H and O–H groups in total. The fourth-order valence-corrected chi connectivity index (χ4v) is 3.60. The van der Waals surface area contributed by atoms with Gasteiger partial charge in [0.25, 0.3) is 0 Å². The zero-order valence-corrected chi connectivity index (χ0v) is 13.0. The van der Waals surface area contributed by atoms with Crippen molar-refractivity contribution in [3.63, 3.8) is 0 Å². The Morgan fingerprint density at radius 2 is 1.71 bits per heavy atom. The monoisotopic (exact) mass is 347 g/mol. The number of aromatic carboxylic acids is 2. The van der Waals surface area contributed by atoms with Crippen LogP contribution in [0.25, 0.3) is 10.2 Å². The molecule has 0 atom stereocenters. The predicted octanol–water partition coefficient (Wildman–Crippen LogP) is 3.30. The largest absolute Gasteiger partial charge is 0.477 e. The minimum Gasteiger partial charge on any atom is -0.477 e. The van der Waals surface area contributed by atoms with Gasteiger partial charge in [0.05, 0.1) is 5.56 Å². The molecular formula is C16H10FNO5S. The van der Waals surface area contributed by atoms with Gasteiger partial charge < -0.3 is 15.2 Å². The molecule has 0 fully saturated rings. The average molecular weight is 347 g/mol. The van der Waals surface area contributed by atoms with Crippen LogP contribution in [0.5, 0.6) is 0 Å². The maximum atomic E-state index is 13.0. The Labute approximate surface area is 138 Å². The van der Waals surface area contributed by atoms with Gasteiger partial charge in [-0.3, -0.25) is 4.79 Å². The summed E-state index contributed by atoms with van der Waals surface area (Å²) in [5, 5.41) is 18.8. The normalized spacial score (nSPS) is 10.9. The third kappa shape index (κ3) is 2.37. The molecule has 0 aliphatic heterocycles. The molecule has 1 aromatic carbocycles. The zero-order valence-electron chi connectivity index (χ0n) is 12.2. The Morgan fingerprint density at radius 1 is 1.08 bits per heavy atom. The molecule has 0 aliphatic rings. The summed E-state index contributed by atoms with van der Waals surface area (Å²) in [6.07, 6.45) is 0. The van der Waals surface area contributed by atoms with Gasteiger partial charge in [-0.15, -0.1) is 11.3 Å². The van der Waals surface area contributed by atoms with Crippen molar-refractivity contribution in [2.24, 2.45) is 0 Å². The van der Waals surface area contributed by atoms with E-state index in [0.717, 1.165) is 23.5 Å². The molecule has 6 nitrogen and oxygen atoms in total. The first-order valence-corrected chi connectivity index (χ1v) is 7.54. The summed E-state index contributed by atoms with van der Waals surface area (Å²) in [6, 6.07) is 4.70. The third-order valence-corrected chi connectivity index (χ3v) is 4.82. The van der Waals surface area contributed by atoms with Crippen LogP contribution in [0.2, 0.25) is 0 Å². The molecule has 0 aliphatic carbocycles. The van der Waals surface area contributed by atoms with Crippen molar-refractivity contribution >= 4 is 39.3 Å². The molecule has 122 valence electrons. The molecule has 0 radical (unpaired) electrons. The van der Waals surface area contributed by atoms with Gasteiger partial charge in [-0.1, -0.05) is 0 Å². The Kier molecular flexibility index (Phi) is 3.69. The second-order valence-corrected chi connectivity index (χ2v) is 6.10. The number of carboxylic acid groups (broad SMARTS) is 2. The second kappa shape index (κ2) is 5.57. The van der Waals surface area contributed by atoms with Crippen molar-refractivity contribution < 1.29 is 29.0 Å². The van der Waals surface area contributed by atoms with E-state index < -0.39 is 23.5 Å². The number of aromatic amines is 1. The number of halogens is 1. The first-order chi connectivity index (χ1) is 11.3. The molecule has 0 spiro atoms. The number of fused-ring (bicyclic) bond motifs is 1. The smallest absolute Gasteiger partial charge is 0.353 e. The topological polar surface area (TPSA) is 107 Å². The summed E-state index contributed by atoms with van der Waals surface area (Å²) in [4.78, 5) is 38.4. The van der Waals surface area contributed by atoms with Crippen molar-refractivity contribution in [2.45, 2.75) is 6.92 Å². The molecule has 3 rings (SSSR count). The lowest BCUT2D eigenvalue weighted by Gasteiger charge is -2.03. The highest BCUT2D eigenvalue weighted by Crippen LogP contribution is 2.36. The molecule has 0 unspecified atom stereocenters. The maximum Gasteiger partial charge on any atom is 0.353 e. The van der Waals surface area contributed by atoms with Crippen LogP contribution in [-0.4, -0.2) is 32.9 Å². The van der Waals surface area contributed by atoms with Gasteiger partial charge in [-0.2, -0.15) is 0 Å². The molecule has 0 bridgehead atoms. The number of rotatable bonds is 4.